The molecule has 0 spiro atoms. The lowest BCUT2D eigenvalue weighted by atomic mass is 10.1. The third kappa shape index (κ3) is 4.65. The van der Waals surface area contributed by atoms with Gasteiger partial charge in [-0.15, -0.1) is 0 Å². The lowest BCUT2D eigenvalue weighted by Crippen LogP contribution is -2.37. The number of carbonyl (C=O) groups is 2. The van der Waals surface area contributed by atoms with Crippen LogP contribution in [0.2, 0.25) is 0 Å². The normalized spacial score (nSPS) is 29.6. The van der Waals surface area contributed by atoms with Crippen molar-refractivity contribution in [1.82, 2.24) is 10.6 Å². The first-order chi connectivity index (χ1) is 7.61. The van der Waals surface area contributed by atoms with Crippen LogP contribution < -0.4 is 10.6 Å². The molecule has 0 aromatic carbocycles. The number of rotatable bonds is 0. The second-order valence-electron chi connectivity index (χ2n) is 3.90. The molecule has 2 amide bonds. The van der Waals surface area contributed by atoms with E-state index >= 15 is 0 Å². The van der Waals surface area contributed by atoms with Gasteiger partial charge in [-0.1, -0.05) is 0 Å². The Morgan fingerprint density at radius 3 is 1.44 bits per heavy atom. The van der Waals surface area contributed by atoms with Crippen LogP contribution in [0.3, 0.4) is 0 Å². The van der Waals surface area contributed by atoms with Crippen molar-refractivity contribution in [1.29, 1.82) is 0 Å². The Balaban J connectivity index is 0.000000160. The van der Waals surface area contributed by atoms with Gasteiger partial charge in [-0.25, -0.2) is 0 Å². The first-order valence-electron chi connectivity index (χ1n) is 5.53. The predicted octanol–water partition coefficient (Wildman–Crippen LogP) is 0.390. The van der Waals surface area contributed by atoms with Crippen LogP contribution in [0.15, 0.2) is 0 Å². The summed E-state index contributed by atoms with van der Waals surface area (Å²) in [5.74, 6) is 0.166. The summed E-state index contributed by atoms with van der Waals surface area (Å²) in [6, 6.07) is 0. The maximum absolute atomic E-state index is 10.6. The van der Waals surface area contributed by atoms with Crippen LogP contribution >= 0.6 is 25.3 Å². The highest BCUT2D eigenvalue weighted by molar-refractivity contribution is 7.82. The molecule has 0 bridgehead atoms. The molecule has 2 saturated heterocycles. The number of thiol groups is 2. The molecule has 2 atom stereocenters. The zero-order chi connectivity index (χ0) is 12.0. The monoisotopic (exact) mass is 262 g/mol. The first kappa shape index (κ1) is 13.7. The molecule has 0 aliphatic carbocycles. The zero-order valence-electron chi connectivity index (χ0n) is 9.11. The van der Waals surface area contributed by atoms with Gasteiger partial charge in [-0.05, 0) is 25.7 Å². The van der Waals surface area contributed by atoms with Crippen LogP contribution in [0.5, 0.6) is 0 Å². The summed E-state index contributed by atoms with van der Waals surface area (Å²) in [6.45, 7) is 1.66. The third-order valence-corrected chi connectivity index (χ3v) is 3.50. The number of nitrogens with one attached hydrogen (secondary N) is 2. The standard InChI is InChI=1S/2C5H9NOS/c2*7-5-4(8)2-1-3-6-5/h2*4,8H,1-3H2,(H,6,7). The second kappa shape index (κ2) is 7.06. The van der Waals surface area contributed by atoms with Crippen molar-refractivity contribution >= 4 is 37.1 Å². The molecule has 2 N–H and O–H groups in total. The fraction of sp³-hybridized carbons (Fsp3) is 0.800. The van der Waals surface area contributed by atoms with E-state index in [2.05, 4.69) is 35.9 Å². The van der Waals surface area contributed by atoms with E-state index in [9.17, 15) is 9.59 Å². The molecule has 2 unspecified atom stereocenters. The molecule has 0 aromatic heterocycles. The summed E-state index contributed by atoms with van der Waals surface area (Å²) in [5, 5.41) is 5.33. The first-order valence-corrected chi connectivity index (χ1v) is 6.56. The van der Waals surface area contributed by atoms with Gasteiger partial charge in [0.05, 0.1) is 10.5 Å². The Labute approximate surface area is 107 Å². The average Bonchev–Trinajstić information content (AvgIpc) is 2.28. The van der Waals surface area contributed by atoms with E-state index in [0.29, 0.717) is 0 Å². The Bertz CT molecular complexity index is 235. The van der Waals surface area contributed by atoms with Crippen LogP contribution in [0.1, 0.15) is 25.7 Å². The van der Waals surface area contributed by atoms with Crippen molar-refractivity contribution in [2.24, 2.45) is 0 Å². The van der Waals surface area contributed by atoms with Crippen molar-refractivity contribution in [3.05, 3.63) is 0 Å². The molecular formula is C10H18N2O2S2. The Kier molecular flexibility index (Phi) is 6.05. The molecule has 0 radical (unpaired) electrons. The van der Waals surface area contributed by atoms with Crippen LogP contribution in [0.25, 0.3) is 0 Å². The lowest BCUT2D eigenvalue weighted by molar-refractivity contribution is -0.122. The highest BCUT2D eigenvalue weighted by Gasteiger charge is 2.17. The maximum Gasteiger partial charge on any atom is 0.232 e. The summed E-state index contributed by atoms with van der Waals surface area (Å²) in [5.41, 5.74) is 0. The van der Waals surface area contributed by atoms with E-state index in [1.165, 1.54) is 0 Å². The summed E-state index contributed by atoms with van der Waals surface area (Å²) >= 11 is 8.09. The van der Waals surface area contributed by atoms with Crippen LogP contribution in [0, 0.1) is 0 Å². The largest absolute Gasteiger partial charge is 0.355 e. The number of amides is 2. The van der Waals surface area contributed by atoms with E-state index < -0.39 is 0 Å². The van der Waals surface area contributed by atoms with Crippen LogP contribution in [-0.4, -0.2) is 35.4 Å². The van der Waals surface area contributed by atoms with Crippen molar-refractivity contribution in [3.63, 3.8) is 0 Å². The molecule has 6 heteroatoms. The molecule has 0 saturated carbocycles. The number of piperidine rings is 2. The smallest absolute Gasteiger partial charge is 0.232 e. The third-order valence-electron chi connectivity index (χ3n) is 2.51. The van der Waals surface area contributed by atoms with Gasteiger partial charge in [-0.2, -0.15) is 25.3 Å². The highest BCUT2D eigenvalue weighted by atomic mass is 32.1. The molecule has 2 fully saturated rings. The Morgan fingerprint density at radius 1 is 0.875 bits per heavy atom. The summed E-state index contributed by atoms with van der Waals surface area (Å²) < 4.78 is 0. The molecule has 92 valence electrons. The lowest BCUT2D eigenvalue weighted by Gasteiger charge is -2.16. The zero-order valence-corrected chi connectivity index (χ0v) is 10.9. The second-order valence-corrected chi connectivity index (χ2v) is 5.14. The van der Waals surface area contributed by atoms with Gasteiger partial charge >= 0.3 is 0 Å². The number of hydrogen-bond acceptors (Lipinski definition) is 4. The fourth-order valence-electron chi connectivity index (χ4n) is 1.51. The SMILES string of the molecule is O=C1NCCCC1S.O=C1NCCCC1S. The molecule has 2 heterocycles. The van der Waals surface area contributed by atoms with E-state index in [1.807, 2.05) is 0 Å². The topological polar surface area (TPSA) is 58.2 Å². The fourth-order valence-corrected chi connectivity index (χ4v) is 2.06. The molecule has 16 heavy (non-hydrogen) atoms. The van der Waals surface area contributed by atoms with Crippen molar-refractivity contribution in [2.75, 3.05) is 13.1 Å². The molecule has 2 aliphatic rings. The molecule has 2 aliphatic heterocycles. The predicted molar refractivity (Wildman–Crippen MR) is 70.0 cm³/mol. The van der Waals surface area contributed by atoms with Crippen LogP contribution in [-0.2, 0) is 9.59 Å². The summed E-state index contributed by atoms with van der Waals surface area (Å²) in [4.78, 5) is 21.2. The minimum absolute atomic E-state index is 0.0521. The van der Waals surface area contributed by atoms with Gasteiger partial charge in [0.1, 0.15) is 0 Å². The highest BCUT2D eigenvalue weighted by Crippen LogP contribution is 2.08. The number of carbonyl (C=O) groups excluding carboxylic acids is 2. The molecular weight excluding hydrogens is 244 g/mol. The molecule has 0 aromatic rings. The van der Waals surface area contributed by atoms with E-state index in [4.69, 9.17) is 0 Å². The van der Waals surface area contributed by atoms with E-state index in [-0.39, 0.29) is 22.3 Å². The quantitative estimate of drug-likeness (QED) is 0.477. The van der Waals surface area contributed by atoms with Gasteiger partial charge in [-0.3, -0.25) is 9.59 Å². The molecule has 2 rings (SSSR count). The minimum Gasteiger partial charge on any atom is -0.355 e. The average molecular weight is 262 g/mol. The van der Waals surface area contributed by atoms with E-state index in [0.717, 1.165) is 38.8 Å². The van der Waals surface area contributed by atoms with Crippen molar-refractivity contribution in [3.8, 4) is 0 Å². The van der Waals surface area contributed by atoms with Crippen molar-refractivity contribution < 1.29 is 9.59 Å². The summed E-state index contributed by atoms with van der Waals surface area (Å²) in [7, 11) is 0. The maximum atomic E-state index is 10.6. The van der Waals surface area contributed by atoms with E-state index in [1.54, 1.807) is 0 Å². The van der Waals surface area contributed by atoms with Gasteiger partial charge in [0.25, 0.3) is 0 Å². The van der Waals surface area contributed by atoms with Gasteiger partial charge in [0, 0.05) is 13.1 Å². The van der Waals surface area contributed by atoms with Crippen molar-refractivity contribution in [2.45, 2.75) is 36.2 Å². The number of hydrogen-bond donors (Lipinski definition) is 4. The minimum atomic E-state index is -0.0521. The Hall–Kier alpha value is -0.360. The van der Waals surface area contributed by atoms with Crippen LogP contribution in [0.4, 0.5) is 0 Å². The van der Waals surface area contributed by atoms with Gasteiger partial charge in [0.15, 0.2) is 0 Å². The van der Waals surface area contributed by atoms with Gasteiger partial charge < -0.3 is 10.6 Å². The molecule has 4 nitrogen and oxygen atoms in total. The van der Waals surface area contributed by atoms with Gasteiger partial charge in [0.2, 0.25) is 11.8 Å². The Morgan fingerprint density at radius 2 is 1.25 bits per heavy atom. The summed E-state index contributed by atoms with van der Waals surface area (Å²) in [6.07, 6.45) is 3.99.